The minimum absolute atomic E-state index is 0.273. The summed E-state index contributed by atoms with van der Waals surface area (Å²) in [5.41, 5.74) is 1.04. The molecule has 0 aliphatic heterocycles. The number of anilines is 1. The molecule has 0 aromatic heterocycles. The number of alkyl halides is 2. The molecule has 0 fully saturated rings. The Labute approximate surface area is 136 Å². The lowest BCUT2D eigenvalue weighted by Gasteiger charge is -2.18. The standard InChI is InChI=1S/C16H16F2N2O2S/c17-15(18)23-14-9-5-4-8-12(14)19-16(22)20-13(10-21)11-6-2-1-3-7-11/h1-9,13,15,21H,10H2,(H2,19,20,22). The van der Waals surface area contributed by atoms with Gasteiger partial charge in [-0.2, -0.15) is 8.78 Å². The Kier molecular flexibility index (Phi) is 6.37. The van der Waals surface area contributed by atoms with Gasteiger partial charge in [0.25, 0.3) is 5.76 Å². The van der Waals surface area contributed by atoms with Gasteiger partial charge in [0, 0.05) is 4.90 Å². The van der Waals surface area contributed by atoms with Crippen LogP contribution in [0.15, 0.2) is 59.5 Å². The van der Waals surface area contributed by atoms with Crippen molar-refractivity contribution in [1.82, 2.24) is 5.32 Å². The van der Waals surface area contributed by atoms with E-state index in [0.29, 0.717) is 17.4 Å². The lowest BCUT2D eigenvalue weighted by molar-refractivity contribution is 0.225. The summed E-state index contributed by atoms with van der Waals surface area (Å²) in [6.07, 6.45) is 0. The van der Waals surface area contributed by atoms with E-state index < -0.39 is 17.8 Å². The van der Waals surface area contributed by atoms with E-state index in [1.165, 1.54) is 6.07 Å². The Hall–Kier alpha value is -2.12. The maximum absolute atomic E-state index is 12.5. The van der Waals surface area contributed by atoms with Crippen LogP contribution in [-0.2, 0) is 0 Å². The number of thioether (sulfide) groups is 1. The normalized spacial score (nSPS) is 12.0. The van der Waals surface area contributed by atoms with Crippen LogP contribution in [0.3, 0.4) is 0 Å². The summed E-state index contributed by atoms with van der Waals surface area (Å²) in [6.45, 7) is -0.273. The second kappa shape index (κ2) is 8.50. The fourth-order valence-corrected chi connectivity index (χ4v) is 2.60. The third kappa shape index (κ3) is 5.22. The number of hydrogen-bond acceptors (Lipinski definition) is 3. The molecule has 0 heterocycles. The number of rotatable bonds is 6. The van der Waals surface area contributed by atoms with Gasteiger partial charge in [0.2, 0.25) is 0 Å². The van der Waals surface area contributed by atoms with E-state index >= 15 is 0 Å². The molecule has 0 spiro atoms. The molecule has 2 rings (SSSR count). The van der Waals surface area contributed by atoms with Gasteiger partial charge >= 0.3 is 6.03 Å². The Morgan fingerprint density at radius 1 is 1.09 bits per heavy atom. The van der Waals surface area contributed by atoms with Gasteiger partial charge in [0.1, 0.15) is 0 Å². The van der Waals surface area contributed by atoms with Crippen LogP contribution in [0.2, 0.25) is 0 Å². The minimum atomic E-state index is -2.57. The zero-order chi connectivity index (χ0) is 16.7. The molecular weight excluding hydrogens is 322 g/mol. The van der Waals surface area contributed by atoms with Gasteiger partial charge in [-0.05, 0) is 17.7 Å². The summed E-state index contributed by atoms with van der Waals surface area (Å²) < 4.78 is 25.1. The summed E-state index contributed by atoms with van der Waals surface area (Å²) in [6, 6.07) is 14.1. The van der Waals surface area contributed by atoms with Crippen molar-refractivity contribution >= 4 is 23.5 Å². The van der Waals surface area contributed by atoms with Crippen LogP contribution in [-0.4, -0.2) is 23.5 Å². The summed E-state index contributed by atoms with van der Waals surface area (Å²) in [4.78, 5) is 12.3. The largest absolute Gasteiger partial charge is 0.394 e. The van der Waals surface area contributed by atoms with Crippen molar-refractivity contribution in [3.63, 3.8) is 0 Å². The van der Waals surface area contributed by atoms with Crippen molar-refractivity contribution in [2.24, 2.45) is 0 Å². The van der Waals surface area contributed by atoms with E-state index in [-0.39, 0.29) is 11.5 Å². The quantitative estimate of drug-likeness (QED) is 0.701. The van der Waals surface area contributed by atoms with Crippen molar-refractivity contribution in [1.29, 1.82) is 0 Å². The summed E-state index contributed by atoms with van der Waals surface area (Å²) >= 11 is 0.363. The molecule has 2 aromatic carbocycles. The first-order chi connectivity index (χ1) is 11.1. The van der Waals surface area contributed by atoms with E-state index in [4.69, 9.17) is 0 Å². The number of carbonyl (C=O) groups excluding carboxylic acids is 1. The van der Waals surface area contributed by atoms with E-state index in [2.05, 4.69) is 10.6 Å². The number of aliphatic hydroxyl groups is 1. The first-order valence-corrected chi connectivity index (χ1v) is 7.75. The molecule has 0 saturated carbocycles. The molecule has 2 aromatic rings. The van der Waals surface area contributed by atoms with E-state index in [1.54, 1.807) is 42.5 Å². The molecule has 0 radical (unpaired) electrons. The summed E-state index contributed by atoms with van der Waals surface area (Å²) in [5, 5.41) is 14.6. The third-order valence-corrected chi connectivity index (χ3v) is 3.83. The lowest BCUT2D eigenvalue weighted by atomic mass is 10.1. The molecule has 1 unspecified atom stereocenters. The highest BCUT2D eigenvalue weighted by Crippen LogP contribution is 2.31. The predicted molar refractivity (Wildman–Crippen MR) is 86.7 cm³/mol. The number of amides is 2. The van der Waals surface area contributed by atoms with Crippen LogP contribution in [0.4, 0.5) is 19.3 Å². The molecule has 122 valence electrons. The van der Waals surface area contributed by atoms with Crippen molar-refractivity contribution in [2.75, 3.05) is 11.9 Å². The number of hydrogen-bond donors (Lipinski definition) is 3. The number of aliphatic hydroxyl groups excluding tert-OH is 1. The van der Waals surface area contributed by atoms with Crippen LogP contribution in [0.5, 0.6) is 0 Å². The molecule has 2 amide bonds. The van der Waals surface area contributed by atoms with Crippen molar-refractivity contribution in [3.05, 3.63) is 60.2 Å². The average molecular weight is 338 g/mol. The summed E-state index contributed by atoms with van der Waals surface area (Å²) in [5.74, 6) is -2.57. The van der Waals surface area contributed by atoms with E-state index in [9.17, 15) is 18.7 Å². The average Bonchev–Trinajstić information content (AvgIpc) is 2.55. The highest BCUT2D eigenvalue weighted by Gasteiger charge is 2.15. The van der Waals surface area contributed by atoms with Gasteiger partial charge in [0.15, 0.2) is 0 Å². The van der Waals surface area contributed by atoms with Gasteiger partial charge < -0.3 is 15.7 Å². The Morgan fingerprint density at radius 3 is 2.39 bits per heavy atom. The molecule has 0 bridgehead atoms. The topological polar surface area (TPSA) is 61.4 Å². The highest BCUT2D eigenvalue weighted by atomic mass is 32.2. The van der Waals surface area contributed by atoms with E-state index in [0.717, 1.165) is 5.56 Å². The van der Waals surface area contributed by atoms with Crippen molar-refractivity contribution in [2.45, 2.75) is 16.7 Å². The van der Waals surface area contributed by atoms with Gasteiger partial charge in [-0.3, -0.25) is 0 Å². The maximum atomic E-state index is 12.5. The first kappa shape index (κ1) is 17.2. The number of urea groups is 1. The Balaban J connectivity index is 2.04. The fourth-order valence-electron chi connectivity index (χ4n) is 2.01. The second-order valence-electron chi connectivity index (χ2n) is 4.62. The van der Waals surface area contributed by atoms with Crippen LogP contribution >= 0.6 is 11.8 Å². The fraction of sp³-hybridized carbons (Fsp3) is 0.188. The molecular formula is C16H16F2N2O2S. The van der Waals surface area contributed by atoms with Gasteiger partial charge in [-0.1, -0.05) is 54.2 Å². The molecule has 3 N–H and O–H groups in total. The van der Waals surface area contributed by atoms with Crippen molar-refractivity contribution < 1.29 is 18.7 Å². The van der Waals surface area contributed by atoms with Crippen LogP contribution < -0.4 is 10.6 Å². The van der Waals surface area contributed by atoms with Gasteiger partial charge in [0.05, 0.1) is 18.3 Å². The Morgan fingerprint density at radius 2 is 1.74 bits per heavy atom. The number of benzene rings is 2. The van der Waals surface area contributed by atoms with Crippen LogP contribution in [0, 0.1) is 0 Å². The summed E-state index contributed by atoms with van der Waals surface area (Å²) in [7, 11) is 0. The molecule has 1 atom stereocenters. The highest BCUT2D eigenvalue weighted by molar-refractivity contribution is 7.99. The minimum Gasteiger partial charge on any atom is -0.394 e. The molecule has 23 heavy (non-hydrogen) atoms. The number of carbonyl (C=O) groups is 1. The molecule has 0 saturated heterocycles. The van der Waals surface area contributed by atoms with Crippen LogP contribution in [0.1, 0.15) is 11.6 Å². The molecule has 4 nitrogen and oxygen atoms in total. The molecule has 7 heteroatoms. The molecule has 0 aliphatic rings. The number of nitrogens with one attached hydrogen (secondary N) is 2. The number of halogens is 2. The zero-order valence-electron chi connectivity index (χ0n) is 12.1. The molecule has 0 aliphatic carbocycles. The lowest BCUT2D eigenvalue weighted by Crippen LogP contribution is -2.34. The monoisotopic (exact) mass is 338 g/mol. The zero-order valence-corrected chi connectivity index (χ0v) is 12.9. The predicted octanol–water partition coefficient (Wildman–Crippen LogP) is 3.86. The van der Waals surface area contributed by atoms with Gasteiger partial charge in [-0.15, -0.1) is 0 Å². The SMILES string of the molecule is O=C(Nc1ccccc1SC(F)F)NC(CO)c1ccccc1. The second-order valence-corrected chi connectivity index (χ2v) is 5.65. The smallest absolute Gasteiger partial charge is 0.319 e. The van der Waals surface area contributed by atoms with Crippen molar-refractivity contribution in [3.8, 4) is 0 Å². The first-order valence-electron chi connectivity index (χ1n) is 6.87. The third-order valence-electron chi connectivity index (χ3n) is 3.04. The number of para-hydroxylation sites is 1. The van der Waals surface area contributed by atoms with Gasteiger partial charge in [-0.25, -0.2) is 4.79 Å². The Bertz CT molecular complexity index is 641. The van der Waals surface area contributed by atoms with Crippen LogP contribution in [0.25, 0.3) is 0 Å². The van der Waals surface area contributed by atoms with E-state index in [1.807, 2.05) is 6.07 Å². The maximum Gasteiger partial charge on any atom is 0.319 e.